The van der Waals surface area contributed by atoms with Crippen LogP contribution < -0.4 is 9.47 Å². The number of amides is 2. The van der Waals surface area contributed by atoms with E-state index in [0.29, 0.717) is 31.5 Å². The summed E-state index contributed by atoms with van der Waals surface area (Å²) in [5.74, 6) is -1.21. The van der Waals surface area contributed by atoms with Crippen LogP contribution in [0.1, 0.15) is 43.4 Å². The van der Waals surface area contributed by atoms with Gasteiger partial charge in [0.1, 0.15) is 22.7 Å². The standard InChI is InChI=1S/C27H35NO6Si.C20H27NO6Si/c1-26-23(15-16-35(4,5)34-26)24(29)28(17-20-11-13-22(31-2)14-12-20)27(26,25(30)32-3)19-33-18-21-9-7-6-8-10-21;1-19-16(10-11-28(4,5)27-19)17(23)21(20(19,13-22)18(24)26-3)12-14-6-8-15(25-2)9-7-14/h6-14,23H,15-19H2,1-5H3;6-9,13,16H,10-12H2,1-5H3/t23-,26-,27+;16-,19-,20-/m00/s1. The predicted molar refractivity (Wildman–Crippen MR) is 239 cm³/mol. The summed E-state index contributed by atoms with van der Waals surface area (Å²) in [5, 5.41) is 0. The van der Waals surface area contributed by atoms with Crippen molar-refractivity contribution < 1.29 is 56.5 Å². The van der Waals surface area contributed by atoms with E-state index in [1.165, 1.54) is 19.1 Å². The molecule has 340 valence electrons. The third-order valence-electron chi connectivity index (χ3n) is 13.6. The Labute approximate surface area is 372 Å². The second-order valence-corrected chi connectivity index (χ2v) is 26.8. The van der Waals surface area contributed by atoms with Crippen molar-refractivity contribution in [2.75, 3.05) is 35.0 Å². The molecule has 4 aliphatic heterocycles. The molecule has 4 saturated heterocycles. The lowest BCUT2D eigenvalue weighted by molar-refractivity contribution is -0.178. The Morgan fingerprint density at radius 1 is 0.667 bits per heavy atom. The van der Waals surface area contributed by atoms with Crippen LogP contribution >= 0.6 is 0 Å². The van der Waals surface area contributed by atoms with Gasteiger partial charge in [-0.25, -0.2) is 9.59 Å². The molecule has 0 radical (unpaired) electrons. The largest absolute Gasteiger partial charge is 0.497 e. The van der Waals surface area contributed by atoms with Crippen LogP contribution in [-0.2, 0) is 66.7 Å². The summed E-state index contributed by atoms with van der Waals surface area (Å²) in [7, 11) is 1.51. The molecule has 2 amide bonds. The minimum Gasteiger partial charge on any atom is -0.497 e. The van der Waals surface area contributed by atoms with E-state index in [4.69, 9.17) is 32.5 Å². The van der Waals surface area contributed by atoms with E-state index in [0.717, 1.165) is 34.5 Å². The van der Waals surface area contributed by atoms with Crippen LogP contribution in [0.5, 0.6) is 11.5 Å². The molecule has 0 aromatic heterocycles. The zero-order valence-electron chi connectivity index (χ0n) is 38.2. The number of nitrogens with zero attached hydrogens (tertiary/aromatic N) is 2. The van der Waals surface area contributed by atoms with Crippen molar-refractivity contribution in [1.29, 1.82) is 0 Å². The molecule has 3 aromatic carbocycles. The van der Waals surface area contributed by atoms with Gasteiger partial charge in [-0.3, -0.25) is 14.4 Å². The normalized spacial score (nSPS) is 29.1. The molecule has 0 unspecified atom stereocenters. The fraction of sp³-hybridized carbons (Fsp3) is 0.511. The minimum atomic E-state index is -2.14. The van der Waals surface area contributed by atoms with E-state index in [-0.39, 0.29) is 31.5 Å². The van der Waals surface area contributed by atoms with Crippen LogP contribution in [-0.4, -0.2) is 114 Å². The molecule has 63 heavy (non-hydrogen) atoms. The van der Waals surface area contributed by atoms with Crippen molar-refractivity contribution in [3.63, 3.8) is 0 Å². The average molecular weight is 903 g/mol. The number of benzene rings is 3. The molecule has 0 spiro atoms. The van der Waals surface area contributed by atoms with Gasteiger partial charge in [0.15, 0.2) is 28.5 Å². The number of likely N-dealkylation sites (tertiary alicyclic amines) is 2. The smallest absolute Gasteiger partial charge is 0.342 e. The van der Waals surface area contributed by atoms with E-state index in [1.807, 2.05) is 86.7 Å². The van der Waals surface area contributed by atoms with Gasteiger partial charge < -0.3 is 42.3 Å². The predicted octanol–water partition coefficient (Wildman–Crippen LogP) is 6.31. The molecule has 14 nitrogen and oxygen atoms in total. The van der Waals surface area contributed by atoms with E-state index in [9.17, 15) is 24.0 Å². The summed E-state index contributed by atoms with van der Waals surface area (Å²) in [6, 6.07) is 26.1. The first-order valence-corrected chi connectivity index (χ1v) is 27.6. The maximum absolute atomic E-state index is 13.9. The van der Waals surface area contributed by atoms with Gasteiger partial charge in [0.25, 0.3) is 0 Å². The number of aldehydes is 1. The molecule has 0 bridgehead atoms. The highest BCUT2D eigenvalue weighted by atomic mass is 28.4. The molecule has 7 rings (SSSR count). The van der Waals surface area contributed by atoms with Gasteiger partial charge >= 0.3 is 11.9 Å². The van der Waals surface area contributed by atoms with Gasteiger partial charge in [-0.15, -0.1) is 0 Å². The van der Waals surface area contributed by atoms with Gasteiger partial charge in [-0.2, -0.15) is 0 Å². The summed E-state index contributed by atoms with van der Waals surface area (Å²) in [5.41, 5.74) is -2.89. The van der Waals surface area contributed by atoms with Gasteiger partial charge in [0.05, 0.1) is 53.5 Å². The summed E-state index contributed by atoms with van der Waals surface area (Å²) < 4.78 is 40.2. The van der Waals surface area contributed by atoms with Crippen LogP contribution in [0.25, 0.3) is 0 Å². The number of ether oxygens (including phenoxy) is 5. The van der Waals surface area contributed by atoms with Gasteiger partial charge in [0, 0.05) is 13.1 Å². The van der Waals surface area contributed by atoms with E-state index >= 15 is 0 Å². The Bertz CT molecular complexity index is 2150. The highest BCUT2D eigenvalue weighted by Gasteiger charge is 2.75. The second kappa shape index (κ2) is 18.3. The Balaban J connectivity index is 0.000000215. The van der Waals surface area contributed by atoms with Crippen LogP contribution in [0.3, 0.4) is 0 Å². The van der Waals surface area contributed by atoms with Crippen molar-refractivity contribution in [1.82, 2.24) is 9.80 Å². The monoisotopic (exact) mass is 902 g/mol. The molecule has 0 N–H and O–H groups in total. The third-order valence-corrected chi connectivity index (χ3v) is 18.5. The Morgan fingerprint density at radius 3 is 1.60 bits per heavy atom. The van der Waals surface area contributed by atoms with E-state index in [1.54, 1.807) is 38.2 Å². The second-order valence-electron chi connectivity index (χ2n) is 18.4. The van der Waals surface area contributed by atoms with Crippen LogP contribution in [0.2, 0.25) is 38.3 Å². The lowest BCUT2D eigenvalue weighted by Gasteiger charge is -2.51. The summed E-state index contributed by atoms with van der Waals surface area (Å²) >= 11 is 0. The van der Waals surface area contributed by atoms with Crippen molar-refractivity contribution >= 4 is 46.7 Å². The fourth-order valence-electron chi connectivity index (χ4n) is 10.2. The number of fused-ring (bicyclic) bond motifs is 2. The summed E-state index contributed by atoms with van der Waals surface area (Å²) in [4.78, 5) is 69.4. The van der Waals surface area contributed by atoms with Crippen molar-refractivity contribution in [2.45, 2.75) is 107 Å². The van der Waals surface area contributed by atoms with Gasteiger partial charge in [-0.1, -0.05) is 54.6 Å². The summed E-state index contributed by atoms with van der Waals surface area (Å²) in [6.07, 6.45) is 1.82. The Hall–Kier alpha value is -4.88. The van der Waals surface area contributed by atoms with Crippen molar-refractivity contribution in [3.8, 4) is 11.5 Å². The van der Waals surface area contributed by atoms with Crippen LogP contribution in [0.4, 0.5) is 0 Å². The number of hydrogen-bond acceptors (Lipinski definition) is 12. The number of esters is 2. The zero-order chi connectivity index (χ0) is 46.0. The number of hydrogen-bond donors (Lipinski definition) is 0. The molecular weight excluding hydrogens is 841 g/mol. The molecule has 6 atom stereocenters. The molecule has 0 aliphatic carbocycles. The molecule has 4 heterocycles. The maximum atomic E-state index is 13.9. The molecule has 0 saturated carbocycles. The topological polar surface area (TPSA) is 156 Å². The van der Waals surface area contributed by atoms with Crippen LogP contribution in [0, 0.1) is 11.8 Å². The highest BCUT2D eigenvalue weighted by Crippen LogP contribution is 2.55. The minimum absolute atomic E-state index is 0.0199. The van der Waals surface area contributed by atoms with Crippen LogP contribution in [0.15, 0.2) is 78.9 Å². The molecule has 4 fully saturated rings. The molecule has 4 aliphatic rings. The number of rotatable bonds is 13. The van der Waals surface area contributed by atoms with Crippen molar-refractivity contribution in [2.24, 2.45) is 11.8 Å². The Morgan fingerprint density at radius 2 is 1.13 bits per heavy atom. The first-order valence-electron chi connectivity index (χ1n) is 21.4. The Kier molecular flexibility index (Phi) is 13.8. The maximum Gasteiger partial charge on any atom is 0.342 e. The lowest BCUT2D eigenvalue weighted by atomic mass is 9.75. The first kappa shape index (κ1) is 47.6. The number of carbonyl (C=O) groups is 5. The molecule has 3 aromatic rings. The number of carbonyl (C=O) groups excluding carboxylic acids is 5. The number of methoxy groups -OCH3 is 4. The zero-order valence-corrected chi connectivity index (χ0v) is 40.2. The summed E-state index contributed by atoms with van der Waals surface area (Å²) in [6.45, 7) is 12.6. The highest BCUT2D eigenvalue weighted by molar-refractivity contribution is 6.72. The third kappa shape index (κ3) is 8.47. The van der Waals surface area contributed by atoms with Crippen molar-refractivity contribution in [3.05, 3.63) is 95.6 Å². The SMILES string of the molecule is COC(=O)[C@@]1(COCc2ccccc2)N(Cc2ccc(OC)cc2)C(=O)[C@@H]2CC[Si](C)(C)O[C@@]21C.COC(=O)[C@]1(C=O)N(Cc2ccc(OC)cc2)C(=O)[C@@H]2CC[Si](C)(C)O[C@@]21C. The lowest BCUT2D eigenvalue weighted by Crippen LogP contribution is -2.70. The quantitative estimate of drug-likeness (QED) is 0.0817. The van der Waals surface area contributed by atoms with Gasteiger partial charge in [-0.05, 0) is 106 Å². The fourth-order valence-corrected chi connectivity index (χ4v) is 15.3. The van der Waals surface area contributed by atoms with E-state index in [2.05, 4.69) is 13.1 Å². The first-order chi connectivity index (χ1) is 29.8. The van der Waals surface area contributed by atoms with E-state index < -0.39 is 62.7 Å². The molecular formula is C47H62N2O12Si2. The molecule has 16 heteroatoms. The van der Waals surface area contributed by atoms with Gasteiger partial charge in [0.2, 0.25) is 17.4 Å². The average Bonchev–Trinajstić information content (AvgIpc) is 3.55.